The summed E-state index contributed by atoms with van der Waals surface area (Å²) in [5.41, 5.74) is 0.247. The van der Waals surface area contributed by atoms with Gasteiger partial charge in [-0.15, -0.1) is 0 Å². The minimum atomic E-state index is -2.87. The van der Waals surface area contributed by atoms with Gasteiger partial charge < -0.3 is 18.8 Å². The zero-order valence-electron chi connectivity index (χ0n) is 18.7. The molecule has 3 heterocycles. The molecule has 1 fully saturated rings. The van der Waals surface area contributed by atoms with Crippen LogP contribution in [0.3, 0.4) is 0 Å². The van der Waals surface area contributed by atoms with Crippen molar-refractivity contribution in [3.8, 4) is 11.5 Å². The fourth-order valence-corrected chi connectivity index (χ4v) is 3.72. The number of hydrogen-bond donors (Lipinski definition) is 0. The van der Waals surface area contributed by atoms with E-state index < -0.39 is 24.2 Å². The average molecular weight is 444 g/mol. The van der Waals surface area contributed by atoms with E-state index in [0.717, 1.165) is 11.3 Å². The van der Waals surface area contributed by atoms with Crippen molar-refractivity contribution < 1.29 is 32.4 Å². The minimum absolute atomic E-state index is 0.0375. The summed E-state index contributed by atoms with van der Waals surface area (Å²) in [6.07, 6.45) is 0.212. The van der Waals surface area contributed by atoms with Gasteiger partial charge in [0.05, 0.1) is 42.0 Å². The van der Waals surface area contributed by atoms with Crippen molar-refractivity contribution in [2.45, 2.75) is 57.7 Å². The van der Waals surface area contributed by atoms with Crippen LogP contribution in [0.15, 0.2) is 42.5 Å². The third-order valence-electron chi connectivity index (χ3n) is 6.37. The Morgan fingerprint density at radius 2 is 1.53 bits per heavy atom. The third kappa shape index (κ3) is 4.26. The van der Waals surface area contributed by atoms with Gasteiger partial charge >= 0.3 is 7.12 Å². The van der Waals surface area contributed by atoms with E-state index in [4.69, 9.17) is 18.8 Å². The lowest BCUT2D eigenvalue weighted by atomic mass is 9.77. The molecule has 3 aliphatic rings. The number of para-hydroxylation sites is 1. The molecule has 0 spiro atoms. The number of carbonyl (C=O) groups excluding carboxylic acids is 1. The van der Waals surface area contributed by atoms with Crippen molar-refractivity contribution in [3.63, 3.8) is 0 Å². The van der Waals surface area contributed by atoms with Gasteiger partial charge in [-0.25, -0.2) is 8.78 Å². The first-order valence-corrected chi connectivity index (χ1v) is 10.8. The molecule has 0 aromatic heterocycles. The summed E-state index contributed by atoms with van der Waals surface area (Å²) >= 11 is 0. The van der Waals surface area contributed by atoms with Crippen molar-refractivity contribution in [3.05, 3.63) is 53.6 Å². The predicted molar refractivity (Wildman–Crippen MR) is 117 cm³/mol. The zero-order chi connectivity index (χ0) is 23.1. The maximum atomic E-state index is 14.0. The fraction of sp³-hybridized carbons (Fsp3) is 0.458. The second kappa shape index (κ2) is 8.16. The number of alkyl halides is 2. The van der Waals surface area contributed by atoms with Gasteiger partial charge in [-0.2, -0.15) is 0 Å². The third-order valence-corrected chi connectivity index (χ3v) is 6.37. The Hall–Kier alpha value is -2.45. The molecule has 5 nitrogen and oxygen atoms in total. The molecule has 0 radical (unpaired) electrons. The number of ether oxygens (including phenoxy) is 2. The summed E-state index contributed by atoms with van der Waals surface area (Å²) in [4.78, 5) is 11.2. The summed E-state index contributed by atoms with van der Waals surface area (Å²) in [6, 6.07) is 12.1. The smallest absolute Gasteiger partial charge is 0.493 e. The summed E-state index contributed by atoms with van der Waals surface area (Å²) in [7, 11) is -0.641. The zero-order valence-corrected chi connectivity index (χ0v) is 18.7. The summed E-state index contributed by atoms with van der Waals surface area (Å²) in [5, 5.41) is 0. The molecule has 0 N–H and O–H groups in total. The number of benzene rings is 2. The summed E-state index contributed by atoms with van der Waals surface area (Å²) < 4.78 is 50.4. The number of Topliss-reactive ketones (excluding diaryl/α,β-unsaturated/α-hetero) is 1. The van der Waals surface area contributed by atoms with Crippen molar-refractivity contribution >= 4 is 18.4 Å². The lowest BCUT2D eigenvalue weighted by Gasteiger charge is -2.32. The van der Waals surface area contributed by atoms with Crippen LogP contribution in [0.25, 0.3) is 0 Å². The Kier molecular flexibility index (Phi) is 5.80. The monoisotopic (exact) mass is 444 g/mol. The SMILES string of the molecule is CC1(C)OB(c2ccc3c(c2)C(F)(F)CCO3)OC1(C)C.O=C1CCOc2ccccc21. The molecule has 1 saturated heterocycles. The van der Waals surface area contributed by atoms with Crippen molar-refractivity contribution in [1.29, 1.82) is 0 Å². The number of rotatable bonds is 1. The number of halogens is 2. The average Bonchev–Trinajstić information content (AvgIpc) is 2.96. The second-order valence-corrected chi connectivity index (χ2v) is 9.16. The topological polar surface area (TPSA) is 54.0 Å². The lowest BCUT2D eigenvalue weighted by Crippen LogP contribution is -2.41. The van der Waals surface area contributed by atoms with Gasteiger partial charge in [0.2, 0.25) is 0 Å². The quantitative estimate of drug-likeness (QED) is 0.606. The highest BCUT2D eigenvalue weighted by atomic mass is 19.3. The molecular weight excluding hydrogens is 417 g/mol. The minimum Gasteiger partial charge on any atom is -0.493 e. The Labute approximate surface area is 187 Å². The van der Waals surface area contributed by atoms with Crippen LogP contribution in [-0.4, -0.2) is 37.3 Å². The standard InChI is InChI=1S/C15H19BF2O3.C9H8O2/c1-13(2)14(3,4)21-16(20-13)10-5-6-12-11(9-10)15(17,18)7-8-19-12;10-8-5-6-11-9-4-2-1-3-7(8)9/h5-6,9H,7-8H2,1-4H3;1-4H,5-6H2. The van der Waals surface area contributed by atoms with E-state index in [9.17, 15) is 13.6 Å². The van der Waals surface area contributed by atoms with Crippen molar-refractivity contribution in [1.82, 2.24) is 0 Å². The summed E-state index contributed by atoms with van der Waals surface area (Å²) in [5.74, 6) is -1.71. The van der Waals surface area contributed by atoms with Crippen molar-refractivity contribution in [2.75, 3.05) is 13.2 Å². The fourth-order valence-electron chi connectivity index (χ4n) is 3.72. The summed E-state index contributed by atoms with van der Waals surface area (Å²) in [6.45, 7) is 8.30. The molecule has 32 heavy (non-hydrogen) atoms. The maximum absolute atomic E-state index is 14.0. The molecule has 0 bridgehead atoms. The predicted octanol–water partition coefficient (Wildman–Crippen LogP) is 4.51. The van der Waals surface area contributed by atoms with Crippen LogP contribution < -0.4 is 14.9 Å². The molecule has 0 saturated carbocycles. The molecule has 8 heteroatoms. The number of fused-ring (bicyclic) bond motifs is 2. The van der Waals surface area contributed by atoms with Crippen LogP contribution in [0.5, 0.6) is 11.5 Å². The molecule has 5 rings (SSSR count). The molecule has 2 aromatic rings. The molecule has 2 aromatic carbocycles. The Balaban J connectivity index is 0.000000186. The van der Waals surface area contributed by atoms with E-state index in [1.807, 2.05) is 45.9 Å². The van der Waals surface area contributed by atoms with Gasteiger partial charge in [-0.3, -0.25) is 4.79 Å². The molecule has 0 aliphatic carbocycles. The van der Waals surface area contributed by atoms with E-state index in [1.54, 1.807) is 18.2 Å². The van der Waals surface area contributed by atoms with Gasteiger partial charge in [0.1, 0.15) is 11.5 Å². The van der Waals surface area contributed by atoms with Crippen LogP contribution >= 0.6 is 0 Å². The molecule has 170 valence electrons. The molecular formula is C24H27BF2O5. The van der Waals surface area contributed by atoms with Crippen molar-refractivity contribution in [2.24, 2.45) is 0 Å². The maximum Gasteiger partial charge on any atom is 0.494 e. The Morgan fingerprint density at radius 1 is 0.875 bits per heavy atom. The van der Waals surface area contributed by atoms with E-state index >= 15 is 0 Å². The first-order valence-electron chi connectivity index (χ1n) is 10.8. The van der Waals surface area contributed by atoms with E-state index in [0.29, 0.717) is 18.5 Å². The number of ketones is 1. The van der Waals surface area contributed by atoms with Crippen LogP contribution in [0.1, 0.15) is 56.5 Å². The molecule has 0 unspecified atom stereocenters. The highest BCUT2D eigenvalue weighted by Gasteiger charge is 2.52. The van der Waals surface area contributed by atoms with Gasteiger partial charge in [-0.05, 0) is 57.4 Å². The van der Waals surface area contributed by atoms with Gasteiger partial charge in [-0.1, -0.05) is 18.2 Å². The highest BCUT2D eigenvalue weighted by molar-refractivity contribution is 6.62. The van der Waals surface area contributed by atoms with Gasteiger partial charge in [0, 0.05) is 6.42 Å². The number of hydrogen-bond acceptors (Lipinski definition) is 5. The van der Waals surface area contributed by atoms with E-state index in [1.165, 1.54) is 6.07 Å². The molecule has 3 aliphatic heterocycles. The Bertz CT molecular complexity index is 1010. The van der Waals surface area contributed by atoms with E-state index in [2.05, 4.69) is 0 Å². The Morgan fingerprint density at radius 3 is 2.22 bits per heavy atom. The van der Waals surface area contributed by atoms with Gasteiger partial charge in [0.25, 0.3) is 5.92 Å². The normalized spacial score (nSPS) is 21.9. The van der Waals surface area contributed by atoms with Crippen LogP contribution in [-0.2, 0) is 15.2 Å². The first-order chi connectivity index (χ1) is 15.0. The van der Waals surface area contributed by atoms with Crippen LogP contribution in [0.4, 0.5) is 8.78 Å². The van der Waals surface area contributed by atoms with Gasteiger partial charge in [0.15, 0.2) is 5.78 Å². The second-order valence-electron chi connectivity index (χ2n) is 9.16. The molecule has 0 amide bonds. The largest absolute Gasteiger partial charge is 0.494 e. The number of carbonyl (C=O) groups is 1. The van der Waals surface area contributed by atoms with Crippen LogP contribution in [0, 0.1) is 0 Å². The lowest BCUT2D eigenvalue weighted by molar-refractivity contribution is -0.0403. The van der Waals surface area contributed by atoms with E-state index in [-0.39, 0.29) is 30.1 Å². The van der Waals surface area contributed by atoms with Crippen LogP contribution in [0.2, 0.25) is 0 Å². The molecule has 0 atom stereocenters. The highest BCUT2D eigenvalue weighted by Crippen LogP contribution is 2.41. The first kappa shape index (κ1) is 22.7.